The number of methoxy groups -OCH3 is 1. The van der Waals surface area contributed by atoms with Crippen molar-refractivity contribution >= 4 is 6.09 Å². The van der Waals surface area contributed by atoms with E-state index < -0.39 is 0 Å². The Kier molecular flexibility index (Phi) is 5.83. The van der Waals surface area contributed by atoms with Gasteiger partial charge in [-0.25, -0.2) is 4.79 Å². The number of rotatable bonds is 5. The first-order valence-electron chi connectivity index (χ1n) is 6.97. The topological polar surface area (TPSA) is 50.8 Å². The van der Waals surface area contributed by atoms with Gasteiger partial charge >= 0.3 is 6.09 Å². The molecule has 0 saturated carbocycles. The Morgan fingerprint density at radius 3 is 2.95 bits per heavy atom. The first-order chi connectivity index (χ1) is 9.79. The highest BCUT2D eigenvalue weighted by Crippen LogP contribution is 2.07. The molecule has 1 saturated heterocycles. The fourth-order valence-electron chi connectivity index (χ4n) is 2.26. The maximum atomic E-state index is 12.0. The molecule has 20 heavy (non-hydrogen) atoms. The third-order valence-electron chi connectivity index (χ3n) is 3.39. The predicted molar refractivity (Wildman–Crippen MR) is 76.5 cm³/mol. The van der Waals surface area contributed by atoms with E-state index in [9.17, 15) is 4.79 Å². The zero-order valence-corrected chi connectivity index (χ0v) is 11.9. The summed E-state index contributed by atoms with van der Waals surface area (Å²) in [6.45, 7) is 3.19. The molecule has 5 heteroatoms. The number of nitrogens with zero attached hydrogens (tertiary/aromatic N) is 1. The van der Waals surface area contributed by atoms with E-state index in [-0.39, 0.29) is 12.1 Å². The fraction of sp³-hybridized carbons (Fsp3) is 0.533. The molecule has 0 aliphatic carbocycles. The lowest BCUT2D eigenvalue weighted by molar-refractivity contribution is 0.0805. The number of hydrogen-bond donors (Lipinski definition) is 1. The third-order valence-corrected chi connectivity index (χ3v) is 3.39. The van der Waals surface area contributed by atoms with Crippen LogP contribution in [0.3, 0.4) is 0 Å². The number of carbonyl (C=O) groups is 1. The Hall–Kier alpha value is -1.59. The Morgan fingerprint density at radius 1 is 1.40 bits per heavy atom. The Balaban J connectivity index is 1.77. The highest BCUT2D eigenvalue weighted by molar-refractivity contribution is 5.67. The summed E-state index contributed by atoms with van der Waals surface area (Å²) >= 11 is 0. The molecule has 1 aromatic rings. The van der Waals surface area contributed by atoms with Crippen LogP contribution in [-0.2, 0) is 16.1 Å². The Bertz CT molecular complexity index is 411. The van der Waals surface area contributed by atoms with Crippen LogP contribution >= 0.6 is 0 Å². The van der Waals surface area contributed by atoms with Crippen molar-refractivity contribution in [2.24, 2.45) is 0 Å². The molecule has 0 aromatic heterocycles. The number of hydrogen-bond acceptors (Lipinski definition) is 4. The van der Waals surface area contributed by atoms with E-state index in [2.05, 4.69) is 5.32 Å². The van der Waals surface area contributed by atoms with Crippen LogP contribution in [0.25, 0.3) is 0 Å². The second-order valence-corrected chi connectivity index (χ2v) is 4.92. The van der Waals surface area contributed by atoms with Crippen LogP contribution < -0.4 is 5.32 Å². The highest BCUT2D eigenvalue weighted by atomic mass is 16.6. The quantitative estimate of drug-likeness (QED) is 0.889. The molecule has 1 N–H and O–H groups in total. The van der Waals surface area contributed by atoms with Crippen LogP contribution in [0, 0.1) is 0 Å². The Morgan fingerprint density at radius 2 is 2.20 bits per heavy atom. The second kappa shape index (κ2) is 7.87. The van der Waals surface area contributed by atoms with E-state index in [4.69, 9.17) is 9.47 Å². The first kappa shape index (κ1) is 14.8. The monoisotopic (exact) mass is 278 g/mol. The largest absolute Gasteiger partial charge is 0.445 e. The number of benzene rings is 1. The van der Waals surface area contributed by atoms with Gasteiger partial charge in [-0.05, 0) is 12.0 Å². The summed E-state index contributed by atoms with van der Waals surface area (Å²) in [5.41, 5.74) is 1.01. The number of amides is 1. The van der Waals surface area contributed by atoms with E-state index in [1.54, 1.807) is 12.0 Å². The lowest BCUT2D eigenvalue weighted by Gasteiger charge is -2.32. The van der Waals surface area contributed by atoms with Gasteiger partial charge in [-0.1, -0.05) is 30.3 Å². The third kappa shape index (κ3) is 4.51. The van der Waals surface area contributed by atoms with Crippen molar-refractivity contribution in [3.05, 3.63) is 35.9 Å². The summed E-state index contributed by atoms with van der Waals surface area (Å²) < 4.78 is 10.4. The van der Waals surface area contributed by atoms with Gasteiger partial charge in [-0.3, -0.25) is 0 Å². The first-order valence-corrected chi connectivity index (χ1v) is 6.97. The van der Waals surface area contributed by atoms with Gasteiger partial charge in [0.05, 0.1) is 0 Å². The van der Waals surface area contributed by atoms with Gasteiger partial charge in [0.25, 0.3) is 0 Å². The molecule has 1 heterocycles. The summed E-state index contributed by atoms with van der Waals surface area (Å²) in [4.78, 5) is 13.8. The molecule has 1 amide bonds. The molecule has 2 rings (SSSR count). The summed E-state index contributed by atoms with van der Waals surface area (Å²) in [5.74, 6) is 0. The molecule has 0 unspecified atom stereocenters. The van der Waals surface area contributed by atoms with E-state index in [0.29, 0.717) is 26.3 Å². The van der Waals surface area contributed by atoms with Crippen LogP contribution in [-0.4, -0.2) is 50.4 Å². The van der Waals surface area contributed by atoms with Gasteiger partial charge in [-0.15, -0.1) is 0 Å². The zero-order chi connectivity index (χ0) is 14.2. The number of carbonyl (C=O) groups excluding carboxylic acids is 1. The van der Waals surface area contributed by atoms with E-state index in [1.165, 1.54) is 0 Å². The smallest absolute Gasteiger partial charge is 0.410 e. The normalized spacial score (nSPS) is 18.9. The standard InChI is InChI=1S/C15H22N2O3/c1-19-10-7-14-11-17(9-8-16-14)15(18)20-12-13-5-3-2-4-6-13/h2-6,14,16H,7-12H2,1H3/t14-/m1/s1. The van der Waals surface area contributed by atoms with Gasteiger partial charge < -0.3 is 19.7 Å². The van der Waals surface area contributed by atoms with Crippen molar-refractivity contribution in [3.63, 3.8) is 0 Å². The van der Waals surface area contributed by atoms with Gasteiger partial charge in [0.2, 0.25) is 0 Å². The molecule has 1 atom stereocenters. The van der Waals surface area contributed by atoms with Crippen LogP contribution in [0.1, 0.15) is 12.0 Å². The molecule has 5 nitrogen and oxygen atoms in total. The lowest BCUT2D eigenvalue weighted by Crippen LogP contribution is -2.53. The summed E-state index contributed by atoms with van der Waals surface area (Å²) in [5, 5.41) is 3.38. The van der Waals surface area contributed by atoms with E-state index in [1.807, 2.05) is 30.3 Å². The molecule has 1 aliphatic rings. The average Bonchev–Trinajstić information content (AvgIpc) is 2.52. The average molecular weight is 278 g/mol. The molecule has 0 radical (unpaired) electrons. The molecular formula is C15H22N2O3. The van der Waals surface area contributed by atoms with Crippen LogP contribution in [0.2, 0.25) is 0 Å². The van der Waals surface area contributed by atoms with Gasteiger partial charge in [0, 0.05) is 39.4 Å². The van der Waals surface area contributed by atoms with Crippen molar-refractivity contribution in [1.29, 1.82) is 0 Å². The number of ether oxygens (including phenoxy) is 2. The second-order valence-electron chi connectivity index (χ2n) is 4.92. The maximum Gasteiger partial charge on any atom is 0.410 e. The van der Waals surface area contributed by atoms with Crippen molar-refractivity contribution in [2.75, 3.05) is 33.4 Å². The van der Waals surface area contributed by atoms with Gasteiger partial charge in [0.15, 0.2) is 0 Å². The molecule has 1 fully saturated rings. The SMILES string of the molecule is COCC[C@@H]1CN(C(=O)OCc2ccccc2)CCN1. The molecule has 0 spiro atoms. The van der Waals surface area contributed by atoms with Crippen molar-refractivity contribution < 1.29 is 14.3 Å². The minimum Gasteiger partial charge on any atom is -0.445 e. The van der Waals surface area contributed by atoms with E-state index in [0.717, 1.165) is 18.5 Å². The van der Waals surface area contributed by atoms with Crippen molar-refractivity contribution in [1.82, 2.24) is 10.2 Å². The number of piperazine rings is 1. The molecule has 0 bridgehead atoms. The molecular weight excluding hydrogens is 256 g/mol. The van der Waals surface area contributed by atoms with Gasteiger partial charge in [-0.2, -0.15) is 0 Å². The minimum atomic E-state index is -0.238. The summed E-state index contributed by atoms with van der Waals surface area (Å²) in [6.07, 6.45) is 0.664. The van der Waals surface area contributed by atoms with Crippen molar-refractivity contribution in [3.8, 4) is 0 Å². The maximum absolute atomic E-state index is 12.0. The fourth-order valence-corrected chi connectivity index (χ4v) is 2.26. The molecule has 110 valence electrons. The van der Waals surface area contributed by atoms with Gasteiger partial charge in [0.1, 0.15) is 6.61 Å². The minimum absolute atomic E-state index is 0.238. The summed E-state index contributed by atoms with van der Waals surface area (Å²) in [6, 6.07) is 10.0. The van der Waals surface area contributed by atoms with Crippen LogP contribution in [0.5, 0.6) is 0 Å². The van der Waals surface area contributed by atoms with E-state index >= 15 is 0 Å². The van der Waals surface area contributed by atoms with Crippen LogP contribution in [0.4, 0.5) is 4.79 Å². The Labute approximate surface area is 119 Å². The molecule has 1 aromatic carbocycles. The van der Waals surface area contributed by atoms with Crippen molar-refractivity contribution in [2.45, 2.75) is 19.1 Å². The lowest BCUT2D eigenvalue weighted by atomic mass is 10.1. The van der Waals surface area contributed by atoms with Crippen LogP contribution in [0.15, 0.2) is 30.3 Å². The molecule has 1 aliphatic heterocycles. The predicted octanol–water partition coefficient (Wildman–Crippen LogP) is 1.63. The zero-order valence-electron chi connectivity index (χ0n) is 11.9. The number of nitrogens with one attached hydrogen (secondary N) is 1. The summed E-state index contributed by atoms with van der Waals surface area (Å²) in [7, 11) is 1.69. The highest BCUT2D eigenvalue weighted by Gasteiger charge is 2.23.